The SMILES string of the molecule is O=C(c1ccccc1)c1cc(Cl)ccc1NCC(F)(F)F. The van der Waals surface area contributed by atoms with Gasteiger partial charge in [0.05, 0.1) is 0 Å². The minimum atomic E-state index is -4.37. The first kappa shape index (κ1) is 15.4. The van der Waals surface area contributed by atoms with Gasteiger partial charge in [0, 0.05) is 21.8 Å². The second-order valence-electron chi connectivity index (χ2n) is 4.35. The zero-order chi connectivity index (χ0) is 15.5. The monoisotopic (exact) mass is 313 g/mol. The number of hydrogen-bond donors (Lipinski definition) is 1. The van der Waals surface area contributed by atoms with Crippen molar-refractivity contribution >= 4 is 23.1 Å². The van der Waals surface area contributed by atoms with Crippen LogP contribution in [0.4, 0.5) is 18.9 Å². The molecule has 0 amide bonds. The maximum absolute atomic E-state index is 12.4. The second kappa shape index (κ2) is 6.18. The van der Waals surface area contributed by atoms with Gasteiger partial charge in [0.25, 0.3) is 0 Å². The molecule has 0 radical (unpaired) electrons. The van der Waals surface area contributed by atoms with Crippen LogP contribution in [0.5, 0.6) is 0 Å². The molecule has 0 aromatic heterocycles. The van der Waals surface area contributed by atoms with Gasteiger partial charge in [-0.25, -0.2) is 0 Å². The number of hydrogen-bond acceptors (Lipinski definition) is 2. The lowest BCUT2D eigenvalue weighted by molar-refractivity contribution is -0.115. The Morgan fingerprint density at radius 2 is 1.76 bits per heavy atom. The maximum atomic E-state index is 12.4. The van der Waals surface area contributed by atoms with Crippen molar-refractivity contribution in [1.29, 1.82) is 0 Å². The Labute approximate surface area is 124 Å². The predicted molar refractivity (Wildman–Crippen MR) is 75.9 cm³/mol. The summed E-state index contributed by atoms with van der Waals surface area (Å²) in [5.74, 6) is -0.386. The molecule has 0 bridgehead atoms. The highest BCUT2D eigenvalue weighted by Crippen LogP contribution is 2.25. The van der Waals surface area contributed by atoms with Gasteiger partial charge >= 0.3 is 6.18 Å². The Morgan fingerprint density at radius 1 is 1.10 bits per heavy atom. The molecular weight excluding hydrogens is 303 g/mol. The highest BCUT2D eigenvalue weighted by atomic mass is 35.5. The quantitative estimate of drug-likeness (QED) is 0.839. The summed E-state index contributed by atoms with van der Waals surface area (Å²) >= 11 is 5.84. The lowest BCUT2D eigenvalue weighted by Gasteiger charge is -2.13. The molecule has 21 heavy (non-hydrogen) atoms. The Kier molecular flexibility index (Phi) is 4.53. The van der Waals surface area contributed by atoms with E-state index < -0.39 is 12.7 Å². The third-order valence-electron chi connectivity index (χ3n) is 2.74. The zero-order valence-corrected chi connectivity index (χ0v) is 11.5. The molecule has 0 aliphatic heterocycles. The van der Waals surface area contributed by atoms with Crippen LogP contribution >= 0.6 is 11.6 Å². The van der Waals surface area contributed by atoms with E-state index in [1.807, 2.05) is 0 Å². The summed E-state index contributed by atoms with van der Waals surface area (Å²) < 4.78 is 36.9. The summed E-state index contributed by atoms with van der Waals surface area (Å²) in [6.45, 7) is -1.22. The van der Waals surface area contributed by atoms with Crippen LogP contribution in [-0.4, -0.2) is 18.5 Å². The van der Waals surface area contributed by atoms with Crippen LogP contribution in [0.15, 0.2) is 48.5 Å². The van der Waals surface area contributed by atoms with Crippen molar-refractivity contribution in [3.8, 4) is 0 Å². The fourth-order valence-electron chi connectivity index (χ4n) is 1.80. The van der Waals surface area contributed by atoms with Gasteiger partial charge in [-0.1, -0.05) is 41.9 Å². The average Bonchev–Trinajstić information content (AvgIpc) is 2.45. The van der Waals surface area contributed by atoms with Crippen LogP contribution in [0.25, 0.3) is 0 Å². The molecule has 110 valence electrons. The summed E-state index contributed by atoms with van der Waals surface area (Å²) in [5.41, 5.74) is 0.596. The van der Waals surface area contributed by atoms with E-state index >= 15 is 0 Å². The van der Waals surface area contributed by atoms with Gasteiger partial charge < -0.3 is 5.32 Å². The van der Waals surface area contributed by atoms with E-state index in [2.05, 4.69) is 5.32 Å². The highest BCUT2D eigenvalue weighted by molar-refractivity contribution is 6.31. The van der Waals surface area contributed by atoms with E-state index in [0.717, 1.165) is 0 Å². The Balaban J connectivity index is 2.33. The van der Waals surface area contributed by atoms with Crippen molar-refractivity contribution in [2.75, 3.05) is 11.9 Å². The van der Waals surface area contributed by atoms with Crippen molar-refractivity contribution in [2.45, 2.75) is 6.18 Å². The molecule has 2 rings (SSSR count). The second-order valence-corrected chi connectivity index (χ2v) is 4.79. The summed E-state index contributed by atoms with van der Waals surface area (Å²) in [5, 5.41) is 2.51. The molecule has 6 heteroatoms. The number of rotatable bonds is 4. The third-order valence-corrected chi connectivity index (χ3v) is 2.98. The summed E-state index contributed by atoms with van der Waals surface area (Å²) in [6.07, 6.45) is -4.37. The molecule has 0 atom stereocenters. The van der Waals surface area contributed by atoms with E-state index in [1.54, 1.807) is 30.3 Å². The number of nitrogens with one attached hydrogen (secondary N) is 1. The van der Waals surface area contributed by atoms with Crippen LogP contribution in [-0.2, 0) is 0 Å². The smallest absolute Gasteiger partial charge is 0.376 e. The fourth-order valence-corrected chi connectivity index (χ4v) is 1.97. The minimum absolute atomic E-state index is 0.102. The molecule has 0 saturated heterocycles. The van der Waals surface area contributed by atoms with Crippen LogP contribution in [0.2, 0.25) is 5.02 Å². The van der Waals surface area contributed by atoms with Crippen molar-refractivity contribution in [1.82, 2.24) is 0 Å². The number of anilines is 1. The van der Waals surface area contributed by atoms with Gasteiger partial charge in [0.2, 0.25) is 0 Å². The standard InChI is InChI=1S/C15H11ClF3NO/c16-11-6-7-13(20-9-15(17,18)19)12(8-11)14(21)10-4-2-1-3-5-10/h1-8,20H,9H2. The number of ketones is 1. The molecule has 0 spiro atoms. The maximum Gasteiger partial charge on any atom is 0.405 e. The highest BCUT2D eigenvalue weighted by Gasteiger charge is 2.27. The minimum Gasteiger partial charge on any atom is -0.376 e. The summed E-state index contributed by atoms with van der Waals surface area (Å²) in [7, 11) is 0. The Bertz CT molecular complexity index is 641. The van der Waals surface area contributed by atoms with Crippen molar-refractivity contribution in [3.63, 3.8) is 0 Å². The van der Waals surface area contributed by atoms with Crippen LogP contribution in [0, 0.1) is 0 Å². The molecule has 2 aromatic carbocycles. The molecule has 2 aromatic rings. The zero-order valence-electron chi connectivity index (χ0n) is 10.7. The summed E-state index contributed by atoms with van der Waals surface area (Å²) in [6, 6.07) is 12.5. The van der Waals surface area contributed by atoms with Gasteiger partial charge in [-0.15, -0.1) is 0 Å². The first-order valence-electron chi connectivity index (χ1n) is 6.07. The molecule has 0 heterocycles. The van der Waals surface area contributed by atoms with Gasteiger partial charge in [-0.3, -0.25) is 4.79 Å². The fraction of sp³-hybridized carbons (Fsp3) is 0.133. The first-order chi connectivity index (χ1) is 9.87. The van der Waals surface area contributed by atoms with Crippen LogP contribution < -0.4 is 5.32 Å². The van der Waals surface area contributed by atoms with E-state index in [0.29, 0.717) is 5.56 Å². The molecular formula is C15H11ClF3NO. The number of alkyl halides is 3. The van der Waals surface area contributed by atoms with E-state index in [-0.39, 0.29) is 22.1 Å². The van der Waals surface area contributed by atoms with Gasteiger partial charge in [-0.05, 0) is 18.2 Å². The molecule has 2 nitrogen and oxygen atoms in total. The van der Waals surface area contributed by atoms with E-state index in [4.69, 9.17) is 11.6 Å². The predicted octanol–water partition coefficient (Wildman–Crippen LogP) is 4.55. The van der Waals surface area contributed by atoms with Gasteiger partial charge in [0.1, 0.15) is 6.54 Å². The van der Waals surface area contributed by atoms with Crippen molar-refractivity contribution in [2.24, 2.45) is 0 Å². The van der Waals surface area contributed by atoms with Crippen molar-refractivity contribution < 1.29 is 18.0 Å². The number of carbonyl (C=O) groups excluding carboxylic acids is 1. The first-order valence-corrected chi connectivity index (χ1v) is 6.44. The average molecular weight is 314 g/mol. The molecule has 0 aliphatic rings. The molecule has 0 unspecified atom stereocenters. The molecule has 0 fully saturated rings. The molecule has 0 saturated carbocycles. The summed E-state index contributed by atoms with van der Waals surface area (Å²) in [4.78, 5) is 12.4. The van der Waals surface area contributed by atoms with Crippen molar-refractivity contribution in [3.05, 3.63) is 64.7 Å². The lowest BCUT2D eigenvalue weighted by Crippen LogP contribution is -2.22. The van der Waals surface area contributed by atoms with E-state index in [1.165, 1.54) is 18.2 Å². The molecule has 0 aliphatic carbocycles. The Morgan fingerprint density at radius 3 is 2.38 bits per heavy atom. The van der Waals surface area contributed by atoms with Gasteiger partial charge in [-0.2, -0.15) is 13.2 Å². The number of benzene rings is 2. The normalized spacial score (nSPS) is 11.2. The van der Waals surface area contributed by atoms with Crippen LogP contribution in [0.3, 0.4) is 0 Å². The van der Waals surface area contributed by atoms with E-state index in [9.17, 15) is 18.0 Å². The number of halogens is 4. The van der Waals surface area contributed by atoms with Gasteiger partial charge in [0.15, 0.2) is 5.78 Å². The third kappa shape index (κ3) is 4.23. The van der Waals surface area contributed by atoms with Crippen LogP contribution in [0.1, 0.15) is 15.9 Å². The Hall–Kier alpha value is -2.01. The largest absolute Gasteiger partial charge is 0.405 e. The lowest BCUT2D eigenvalue weighted by atomic mass is 10.0. The topological polar surface area (TPSA) is 29.1 Å². The molecule has 1 N–H and O–H groups in total. The number of carbonyl (C=O) groups is 1.